The lowest BCUT2D eigenvalue weighted by Crippen LogP contribution is -2.10. The maximum Gasteiger partial charge on any atom is 0.0838 e. The molecule has 2 heterocycles. The lowest BCUT2D eigenvalue weighted by molar-refractivity contribution is 0.104. The van der Waals surface area contributed by atoms with Gasteiger partial charge in [0.1, 0.15) is 0 Å². The molecule has 4 rings (SSSR count). The minimum Gasteiger partial charge on any atom is -0.388 e. The van der Waals surface area contributed by atoms with Gasteiger partial charge in [0.2, 0.25) is 0 Å². The summed E-state index contributed by atoms with van der Waals surface area (Å²) in [5, 5.41) is 12.5. The number of rotatable bonds is 10. The van der Waals surface area contributed by atoms with Crippen molar-refractivity contribution < 1.29 is 9.84 Å². The van der Waals surface area contributed by atoms with E-state index in [1.54, 1.807) is 7.11 Å². The van der Waals surface area contributed by atoms with E-state index in [1.807, 2.05) is 6.20 Å². The number of methoxy groups -OCH3 is 1. The Bertz CT molecular complexity index is 1250. The fourth-order valence-electron chi connectivity index (χ4n) is 5.22. The molecular formula is C31H38N2O2. The van der Waals surface area contributed by atoms with Crippen molar-refractivity contribution in [3.8, 4) is 16.9 Å². The minimum atomic E-state index is -0.524. The van der Waals surface area contributed by atoms with Crippen LogP contribution in [0.3, 0.4) is 0 Å². The quantitative estimate of drug-likeness (QED) is 0.262. The molecule has 0 aliphatic rings. The van der Waals surface area contributed by atoms with Gasteiger partial charge >= 0.3 is 0 Å². The summed E-state index contributed by atoms with van der Waals surface area (Å²) in [6.45, 7) is 9.30. The molecule has 0 aliphatic heterocycles. The minimum absolute atomic E-state index is 0.212. The number of aliphatic hydroxyl groups is 1. The van der Waals surface area contributed by atoms with Crippen molar-refractivity contribution in [3.63, 3.8) is 0 Å². The Morgan fingerprint density at radius 3 is 2.17 bits per heavy atom. The largest absolute Gasteiger partial charge is 0.388 e. The Morgan fingerprint density at radius 1 is 0.943 bits per heavy atom. The number of benzene rings is 2. The number of hydrogen-bond acceptors (Lipinski definition) is 3. The third kappa shape index (κ3) is 4.91. The summed E-state index contributed by atoms with van der Waals surface area (Å²) >= 11 is 0. The second kappa shape index (κ2) is 11.2. The van der Waals surface area contributed by atoms with Crippen LogP contribution < -0.4 is 0 Å². The van der Waals surface area contributed by atoms with E-state index in [0.29, 0.717) is 6.61 Å². The molecule has 184 valence electrons. The molecule has 0 aliphatic carbocycles. The average Bonchev–Trinajstić information content (AvgIpc) is 3.28. The van der Waals surface area contributed by atoms with Crippen LogP contribution in [0, 0.1) is 5.92 Å². The molecule has 35 heavy (non-hydrogen) atoms. The molecule has 1 N–H and O–H groups in total. The van der Waals surface area contributed by atoms with Crippen molar-refractivity contribution in [2.45, 2.75) is 66.1 Å². The SMILES string of the molecule is CCc1cccc(CC)c1-c1cc2c(C(O)C(CC)CC)cn(-c3ccc(COC)cc3)c2cn1. The number of aromatic nitrogens is 2. The lowest BCUT2D eigenvalue weighted by Gasteiger charge is -2.20. The highest BCUT2D eigenvalue weighted by molar-refractivity contribution is 5.89. The van der Waals surface area contributed by atoms with Crippen LogP contribution in [0.1, 0.15) is 68.9 Å². The zero-order chi connectivity index (χ0) is 24.9. The van der Waals surface area contributed by atoms with Gasteiger partial charge in [0.25, 0.3) is 0 Å². The van der Waals surface area contributed by atoms with Gasteiger partial charge in [-0.2, -0.15) is 0 Å². The number of hydrogen-bond donors (Lipinski definition) is 1. The molecule has 0 bridgehead atoms. The summed E-state index contributed by atoms with van der Waals surface area (Å²) in [6.07, 6.45) is 7.35. The molecule has 0 spiro atoms. The standard InChI is InChI=1S/C31H38N2O2/c1-6-22(7-2)31(34)27-19-33(25-15-13-21(14-16-25)20-35-5)29-18-32-28(17-26(27)29)30-23(8-3)11-10-12-24(30)9-4/h10-19,22,31,34H,6-9,20H2,1-5H3. The van der Waals surface area contributed by atoms with Crippen molar-refractivity contribution in [2.75, 3.05) is 7.11 Å². The first-order valence-electron chi connectivity index (χ1n) is 12.9. The molecule has 4 heteroatoms. The smallest absolute Gasteiger partial charge is 0.0838 e. The zero-order valence-electron chi connectivity index (χ0n) is 21.7. The Kier molecular flexibility index (Phi) is 8.04. The van der Waals surface area contributed by atoms with Crippen LogP contribution in [0.5, 0.6) is 0 Å². The van der Waals surface area contributed by atoms with Gasteiger partial charge in [-0.25, -0.2) is 0 Å². The number of fused-ring (bicyclic) bond motifs is 1. The van der Waals surface area contributed by atoms with E-state index in [4.69, 9.17) is 9.72 Å². The van der Waals surface area contributed by atoms with Crippen molar-refractivity contribution in [1.82, 2.24) is 9.55 Å². The topological polar surface area (TPSA) is 47.3 Å². The fraction of sp³-hybridized carbons (Fsp3) is 0.387. The first-order chi connectivity index (χ1) is 17.1. The third-order valence-corrected chi connectivity index (χ3v) is 7.32. The molecule has 0 amide bonds. The summed E-state index contributed by atoms with van der Waals surface area (Å²) in [7, 11) is 1.71. The second-order valence-electron chi connectivity index (χ2n) is 9.32. The van der Waals surface area contributed by atoms with E-state index < -0.39 is 6.10 Å². The van der Waals surface area contributed by atoms with Gasteiger partial charge in [-0.15, -0.1) is 0 Å². The van der Waals surface area contributed by atoms with Gasteiger partial charge in [-0.3, -0.25) is 4.98 Å². The Morgan fingerprint density at radius 2 is 1.60 bits per heavy atom. The summed E-state index contributed by atoms with van der Waals surface area (Å²) < 4.78 is 7.44. The number of ether oxygens (including phenoxy) is 1. The third-order valence-electron chi connectivity index (χ3n) is 7.32. The van der Waals surface area contributed by atoms with Crippen LogP contribution in [0.2, 0.25) is 0 Å². The molecule has 1 atom stereocenters. The van der Waals surface area contributed by atoms with E-state index in [2.05, 4.69) is 87.0 Å². The Balaban J connectivity index is 1.93. The van der Waals surface area contributed by atoms with Crippen LogP contribution in [0.4, 0.5) is 0 Å². The van der Waals surface area contributed by atoms with Crippen LogP contribution in [-0.4, -0.2) is 21.8 Å². The molecule has 2 aromatic heterocycles. The van der Waals surface area contributed by atoms with Gasteiger partial charge in [0, 0.05) is 35.5 Å². The molecule has 2 aromatic carbocycles. The maximum absolute atomic E-state index is 11.5. The fourth-order valence-corrected chi connectivity index (χ4v) is 5.22. The molecule has 0 radical (unpaired) electrons. The normalized spacial score (nSPS) is 12.5. The van der Waals surface area contributed by atoms with E-state index in [9.17, 15) is 5.11 Å². The zero-order valence-corrected chi connectivity index (χ0v) is 21.7. The van der Waals surface area contributed by atoms with Crippen LogP contribution >= 0.6 is 0 Å². The van der Waals surface area contributed by atoms with Crippen molar-refractivity contribution >= 4 is 10.9 Å². The number of nitrogens with zero attached hydrogens (tertiary/aromatic N) is 2. The number of pyridine rings is 1. The van der Waals surface area contributed by atoms with Crippen molar-refractivity contribution in [1.29, 1.82) is 0 Å². The molecule has 0 saturated heterocycles. The number of aryl methyl sites for hydroxylation is 2. The van der Waals surface area contributed by atoms with Crippen LogP contribution in [-0.2, 0) is 24.2 Å². The van der Waals surface area contributed by atoms with E-state index in [-0.39, 0.29) is 5.92 Å². The summed E-state index contributed by atoms with van der Waals surface area (Å²) in [4.78, 5) is 4.96. The van der Waals surface area contributed by atoms with Crippen LogP contribution in [0.25, 0.3) is 27.8 Å². The highest BCUT2D eigenvalue weighted by Crippen LogP contribution is 2.37. The maximum atomic E-state index is 11.5. The molecule has 1 unspecified atom stereocenters. The first kappa shape index (κ1) is 25.2. The molecule has 0 saturated carbocycles. The predicted octanol–water partition coefficient (Wildman–Crippen LogP) is 7.43. The second-order valence-corrected chi connectivity index (χ2v) is 9.32. The van der Waals surface area contributed by atoms with Crippen molar-refractivity contribution in [3.05, 3.63) is 83.2 Å². The number of aliphatic hydroxyl groups excluding tert-OH is 1. The summed E-state index contributed by atoms with van der Waals surface area (Å²) in [5.74, 6) is 0.212. The lowest BCUT2D eigenvalue weighted by atomic mass is 9.90. The van der Waals surface area contributed by atoms with E-state index >= 15 is 0 Å². The van der Waals surface area contributed by atoms with Gasteiger partial charge in [-0.1, -0.05) is 70.9 Å². The molecule has 4 aromatic rings. The monoisotopic (exact) mass is 470 g/mol. The van der Waals surface area contributed by atoms with Gasteiger partial charge in [-0.05, 0) is 53.6 Å². The van der Waals surface area contributed by atoms with Crippen molar-refractivity contribution in [2.24, 2.45) is 5.92 Å². The Hall–Kier alpha value is -2.95. The molecule has 0 fully saturated rings. The average molecular weight is 471 g/mol. The van der Waals surface area contributed by atoms with E-state index in [1.165, 1.54) is 16.7 Å². The van der Waals surface area contributed by atoms with Gasteiger partial charge < -0.3 is 14.4 Å². The molecule has 4 nitrogen and oxygen atoms in total. The highest BCUT2D eigenvalue weighted by atomic mass is 16.5. The predicted molar refractivity (Wildman–Crippen MR) is 145 cm³/mol. The first-order valence-corrected chi connectivity index (χ1v) is 12.9. The Labute approximate surface area is 209 Å². The summed E-state index contributed by atoms with van der Waals surface area (Å²) in [6, 6.07) is 17.1. The molecular weight excluding hydrogens is 432 g/mol. The van der Waals surface area contributed by atoms with Gasteiger partial charge in [0.05, 0.1) is 30.1 Å². The highest BCUT2D eigenvalue weighted by Gasteiger charge is 2.24. The van der Waals surface area contributed by atoms with Crippen LogP contribution in [0.15, 0.2) is 60.9 Å². The van der Waals surface area contributed by atoms with E-state index in [0.717, 1.165) is 59.1 Å². The van der Waals surface area contributed by atoms with Gasteiger partial charge in [0.15, 0.2) is 0 Å². The summed E-state index contributed by atoms with van der Waals surface area (Å²) in [5.41, 5.74) is 9.02.